The van der Waals surface area contributed by atoms with Gasteiger partial charge in [-0.15, -0.1) is 0 Å². The van der Waals surface area contributed by atoms with Crippen LogP contribution in [0.15, 0.2) is 66.7 Å². The molecule has 0 unspecified atom stereocenters. The number of carbonyl (C=O) groups is 4. The highest BCUT2D eigenvalue weighted by Gasteiger charge is 2.37. The Hall–Kier alpha value is -4.66. The van der Waals surface area contributed by atoms with Crippen molar-refractivity contribution < 1.29 is 28.7 Å². The molecule has 0 fully saturated rings. The summed E-state index contributed by atoms with van der Waals surface area (Å²) in [6, 6.07) is 17.6. The number of hydrogen-bond acceptors (Lipinski definition) is 6. The number of amides is 4. The first-order valence-electron chi connectivity index (χ1n) is 11.5. The van der Waals surface area contributed by atoms with Crippen molar-refractivity contribution in [2.24, 2.45) is 0 Å². The second-order valence-electron chi connectivity index (χ2n) is 7.85. The van der Waals surface area contributed by atoms with Gasteiger partial charge in [-0.05, 0) is 80.6 Å². The molecule has 0 saturated carbocycles. The van der Waals surface area contributed by atoms with E-state index >= 15 is 0 Å². The fourth-order valence-corrected chi connectivity index (χ4v) is 3.71. The number of carbonyl (C=O) groups excluding carboxylic acids is 4. The van der Waals surface area contributed by atoms with Gasteiger partial charge in [-0.3, -0.25) is 19.2 Å². The maximum atomic E-state index is 13.0. The third-order valence-corrected chi connectivity index (χ3v) is 5.41. The summed E-state index contributed by atoms with van der Waals surface area (Å²) in [6.07, 6.45) is 0. The molecule has 0 atom stereocenters. The van der Waals surface area contributed by atoms with Crippen LogP contribution in [0.4, 0.5) is 11.4 Å². The van der Waals surface area contributed by atoms with E-state index in [2.05, 4.69) is 10.6 Å². The summed E-state index contributed by atoms with van der Waals surface area (Å²) in [4.78, 5) is 51.3. The number of nitrogens with zero attached hydrogens (tertiary/aromatic N) is 1. The Morgan fingerprint density at radius 1 is 0.806 bits per heavy atom. The van der Waals surface area contributed by atoms with E-state index in [4.69, 9.17) is 9.47 Å². The van der Waals surface area contributed by atoms with Crippen LogP contribution in [0.25, 0.3) is 0 Å². The second-order valence-corrected chi connectivity index (χ2v) is 7.85. The van der Waals surface area contributed by atoms with Crippen molar-refractivity contribution in [2.45, 2.75) is 13.8 Å². The van der Waals surface area contributed by atoms with Crippen molar-refractivity contribution in [1.29, 1.82) is 0 Å². The van der Waals surface area contributed by atoms with Crippen LogP contribution in [0.3, 0.4) is 0 Å². The first kappa shape index (κ1) is 24.5. The summed E-state index contributed by atoms with van der Waals surface area (Å²) in [5, 5.41) is 5.39. The molecule has 4 rings (SSSR count). The fourth-order valence-electron chi connectivity index (χ4n) is 3.71. The number of hydrogen-bond donors (Lipinski definition) is 2. The summed E-state index contributed by atoms with van der Waals surface area (Å²) in [7, 11) is 0. The highest BCUT2D eigenvalue weighted by atomic mass is 16.5. The van der Waals surface area contributed by atoms with E-state index in [9.17, 15) is 19.2 Å². The molecule has 0 radical (unpaired) electrons. The van der Waals surface area contributed by atoms with E-state index in [1.807, 2.05) is 13.8 Å². The van der Waals surface area contributed by atoms with E-state index < -0.39 is 17.7 Å². The molecule has 3 aromatic carbocycles. The molecule has 9 nitrogen and oxygen atoms in total. The Kier molecular flexibility index (Phi) is 7.29. The Balaban J connectivity index is 1.44. The van der Waals surface area contributed by atoms with E-state index in [0.717, 1.165) is 4.90 Å². The minimum Gasteiger partial charge on any atom is -0.494 e. The topological polar surface area (TPSA) is 114 Å². The molecule has 36 heavy (non-hydrogen) atoms. The van der Waals surface area contributed by atoms with Crippen molar-refractivity contribution in [3.8, 4) is 11.5 Å². The van der Waals surface area contributed by atoms with E-state index in [1.165, 1.54) is 18.2 Å². The lowest BCUT2D eigenvalue weighted by Crippen LogP contribution is -2.29. The molecule has 0 bridgehead atoms. The van der Waals surface area contributed by atoms with Gasteiger partial charge < -0.3 is 20.1 Å². The molecular formula is C27H25N3O6. The highest BCUT2D eigenvalue weighted by Crippen LogP contribution is 2.30. The van der Waals surface area contributed by atoms with Crippen molar-refractivity contribution in [3.63, 3.8) is 0 Å². The maximum Gasteiger partial charge on any atom is 0.266 e. The molecule has 0 aromatic heterocycles. The molecule has 4 amide bonds. The number of fused-ring (bicyclic) bond motifs is 1. The zero-order valence-electron chi connectivity index (χ0n) is 19.9. The zero-order valence-corrected chi connectivity index (χ0v) is 19.9. The minimum atomic E-state index is -0.498. The Morgan fingerprint density at radius 2 is 1.44 bits per heavy atom. The molecular weight excluding hydrogens is 462 g/mol. The zero-order chi connectivity index (χ0) is 25.7. The van der Waals surface area contributed by atoms with Gasteiger partial charge in [-0.25, -0.2) is 4.90 Å². The van der Waals surface area contributed by atoms with Gasteiger partial charge in [-0.2, -0.15) is 0 Å². The van der Waals surface area contributed by atoms with Gasteiger partial charge in [-0.1, -0.05) is 0 Å². The monoisotopic (exact) mass is 487 g/mol. The van der Waals surface area contributed by atoms with Crippen LogP contribution in [-0.4, -0.2) is 43.4 Å². The lowest BCUT2D eigenvalue weighted by molar-refractivity contribution is -0.122. The average Bonchev–Trinajstić information content (AvgIpc) is 3.13. The Labute approximate surface area is 208 Å². The summed E-state index contributed by atoms with van der Waals surface area (Å²) in [6.45, 7) is 4.62. The van der Waals surface area contributed by atoms with Crippen LogP contribution in [-0.2, 0) is 4.79 Å². The van der Waals surface area contributed by atoms with Crippen molar-refractivity contribution in [2.75, 3.05) is 30.0 Å². The number of anilines is 2. The van der Waals surface area contributed by atoms with Crippen LogP contribution < -0.4 is 25.0 Å². The lowest BCUT2D eigenvalue weighted by Gasteiger charge is -2.14. The molecule has 1 aliphatic rings. The summed E-state index contributed by atoms with van der Waals surface area (Å²) in [5.41, 5.74) is 1.56. The molecule has 3 aromatic rings. The van der Waals surface area contributed by atoms with E-state index in [1.54, 1.807) is 48.5 Å². The summed E-state index contributed by atoms with van der Waals surface area (Å²) >= 11 is 0. The Bertz CT molecular complexity index is 1300. The van der Waals surface area contributed by atoms with Gasteiger partial charge in [0.15, 0.2) is 6.61 Å². The van der Waals surface area contributed by atoms with Crippen molar-refractivity contribution in [3.05, 3.63) is 83.4 Å². The van der Waals surface area contributed by atoms with Gasteiger partial charge in [0.2, 0.25) is 0 Å². The Morgan fingerprint density at radius 3 is 2.11 bits per heavy atom. The first-order chi connectivity index (χ1) is 17.4. The predicted octanol–water partition coefficient (Wildman–Crippen LogP) is 3.65. The quantitative estimate of drug-likeness (QED) is 0.446. The number of nitrogens with one attached hydrogen (secondary N) is 2. The second kappa shape index (κ2) is 10.7. The van der Waals surface area contributed by atoms with Gasteiger partial charge in [0.1, 0.15) is 11.5 Å². The van der Waals surface area contributed by atoms with Crippen LogP contribution >= 0.6 is 0 Å². The van der Waals surface area contributed by atoms with Gasteiger partial charge in [0, 0.05) is 17.8 Å². The standard InChI is InChI=1S/C27H25N3O6/c1-3-28-24(31)16-36-21-10-6-18(7-11-21)29-25(32)17-5-14-22-23(15-17)27(34)30(26(22)33)19-8-12-20(13-9-19)35-4-2/h5-15H,3-4,16H2,1-2H3,(H,28,31)(H,29,32). The van der Waals surface area contributed by atoms with Gasteiger partial charge in [0.25, 0.3) is 23.6 Å². The minimum absolute atomic E-state index is 0.102. The number of likely N-dealkylation sites (N-methyl/N-ethyl adjacent to an activating group) is 1. The molecule has 184 valence electrons. The number of imide groups is 1. The molecule has 0 aliphatic carbocycles. The summed E-state index contributed by atoms with van der Waals surface area (Å²) in [5.74, 6) is -0.486. The van der Waals surface area contributed by atoms with Crippen molar-refractivity contribution >= 4 is 35.0 Å². The van der Waals surface area contributed by atoms with Gasteiger partial charge >= 0.3 is 0 Å². The van der Waals surface area contributed by atoms with E-state index in [0.29, 0.717) is 36.0 Å². The van der Waals surface area contributed by atoms with Crippen LogP contribution in [0.5, 0.6) is 11.5 Å². The number of rotatable bonds is 9. The molecule has 0 saturated heterocycles. The maximum absolute atomic E-state index is 13.0. The van der Waals surface area contributed by atoms with Crippen LogP contribution in [0.2, 0.25) is 0 Å². The predicted molar refractivity (Wildman–Crippen MR) is 134 cm³/mol. The normalized spacial score (nSPS) is 12.2. The molecule has 2 N–H and O–H groups in total. The third-order valence-electron chi connectivity index (χ3n) is 5.41. The fraction of sp³-hybridized carbons (Fsp3) is 0.185. The first-order valence-corrected chi connectivity index (χ1v) is 11.5. The summed E-state index contributed by atoms with van der Waals surface area (Å²) < 4.78 is 10.8. The molecule has 0 spiro atoms. The molecule has 1 heterocycles. The van der Waals surface area contributed by atoms with Crippen molar-refractivity contribution in [1.82, 2.24) is 5.32 Å². The smallest absolute Gasteiger partial charge is 0.266 e. The van der Waals surface area contributed by atoms with Crippen LogP contribution in [0, 0.1) is 0 Å². The highest BCUT2D eigenvalue weighted by molar-refractivity contribution is 6.34. The lowest BCUT2D eigenvalue weighted by atomic mass is 10.1. The molecule has 1 aliphatic heterocycles. The number of benzene rings is 3. The number of ether oxygens (including phenoxy) is 2. The molecule has 9 heteroatoms. The third kappa shape index (κ3) is 5.20. The van der Waals surface area contributed by atoms with E-state index in [-0.39, 0.29) is 29.2 Å². The SMILES string of the molecule is CCNC(=O)COc1ccc(NC(=O)c2ccc3c(c2)C(=O)N(c2ccc(OCC)cc2)C3=O)cc1. The van der Waals surface area contributed by atoms with Gasteiger partial charge in [0.05, 0.1) is 23.4 Å². The largest absolute Gasteiger partial charge is 0.494 e. The van der Waals surface area contributed by atoms with Crippen LogP contribution in [0.1, 0.15) is 44.9 Å². The average molecular weight is 488 g/mol.